The van der Waals surface area contributed by atoms with Crippen molar-refractivity contribution in [1.29, 1.82) is 0 Å². The van der Waals surface area contributed by atoms with E-state index in [9.17, 15) is 9.59 Å². The van der Waals surface area contributed by atoms with Crippen LogP contribution < -0.4 is 0 Å². The van der Waals surface area contributed by atoms with Gasteiger partial charge in [-0.1, -0.05) is 20.8 Å². The summed E-state index contributed by atoms with van der Waals surface area (Å²) in [6.45, 7) is 6.10. The summed E-state index contributed by atoms with van der Waals surface area (Å²) < 4.78 is 9.07. The molecule has 0 aromatic heterocycles. The summed E-state index contributed by atoms with van der Waals surface area (Å²) in [6.07, 6.45) is 3.74. The molecule has 17 heavy (non-hydrogen) atoms. The van der Waals surface area contributed by atoms with Gasteiger partial charge >= 0.3 is 11.9 Å². The molecule has 4 nitrogen and oxygen atoms in total. The third kappa shape index (κ3) is 6.59. The van der Waals surface area contributed by atoms with Gasteiger partial charge in [0.15, 0.2) is 5.92 Å². The lowest BCUT2D eigenvalue weighted by molar-refractivity contribution is -0.158. The Morgan fingerprint density at radius 2 is 1.65 bits per heavy atom. The number of ether oxygens (including phenoxy) is 2. The van der Waals surface area contributed by atoms with Crippen LogP contribution in [-0.4, -0.2) is 26.2 Å². The zero-order valence-corrected chi connectivity index (χ0v) is 11.1. The Labute approximate surface area is 102 Å². The zero-order valence-electron chi connectivity index (χ0n) is 11.1. The number of carbonyl (C=O) groups is 2. The Hall–Kier alpha value is -1.54. The van der Waals surface area contributed by atoms with Gasteiger partial charge in [-0.25, -0.2) is 0 Å². The minimum absolute atomic E-state index is 0.0164. The van der Waals surface area contributed by atoms with Crippen molar-refractivity contribution < 1.29 is 19.1 Å². The van der Waals surface area contributed by atoms with E-state index in [0.29, 0.717) is 0 Å². The van der Waals surface area contributed by atoms with E-state index in [-0.39, 0.29) is 11.8 Å². The van der Waals surface area contributed by atoms with Crippen LogP contribution in [0.2, 0.25) is 0 Å². The summed E-state index contributed by atoms with van der Waals surface area (Å²) in [6, 6.07) is 0. The number of rotatable bonds is 4. The maximum atomic E-state index is 11.3. The van der Waals surface area contributed by atoms with Crippen LogP contribution in [0.1, 0.15) is 27.2 Å². The van der Waals surface area contributed by atoms with E-state index in [1.54, 1.807) is 6.08 Å². The fraction of sp³-hybridized carbons (Fsp3) is 0.615. The lowest BCUT2D eigenvalue weighted by Crippen LogP contribution is -2.25. The highest BCUT2D eigenvalue weighted by Gasteiger charge is 2.27. The van der Waals surface area contributed by atoms with Gasteiger partial charge in [0.1, 0.15) is 0 Å². The molecule has 0 radical (unpaired) electrons. The van der Waals surface area contributed by atoms with Crippen LogP contribution in [0, 0.1) is 11.3 Å². The number of allylic oxidation sites excluding steroid dienone is 1. The second-order valence-corrected chi connectivity index (χ2v) is 4.72. The molecule has 0 N–H and O–H groups in total. The molecule has 0 aliphatic heterocycles. The molecule has 0 saturated carbocycles. The molecule has 0 rings (SSSR count). The van der Waals surface area contributed by atoms with Gasteiger partial charge in [0.2, 0.25) is 0 Å². The number of hydrogen-bond acceptors (Lipinski definition) is 4. The summed E-state index contributed by atoms with van der Waals surface area (Å²) in [4.78, 5) is 22.6. The van der Waals surface area contributed by atoms with Crippen molar-refractivity contribution >= 4 is 11.9 Å². The maximum absolute atomic E-state index is 11.3. The fourth-order valence-corrected chi connectivity index (χ4v) is 1.07. The summed E-state index contributed by atoms with van der Waals surface area (Å²) in [5, 5.41) is 0. The van der Waals surface area contributed by atoms with Crippen molar-refractivity contribution in [3.8, 4) is 0 Å². The Balaban J connectivity index is 4.63. The van der Waals surface area contributed by atoms with Crippen molar-refractivity contribution in [2.75, 3.05) is 14.2 Å². The second-order valence-electron chi connectivity index (χ2n) is 4.72. The molecule has 0 fully saturated rings. The van der Waals surface area contributed by atoms with Gasteiger partial charge in [-0.3, -0.25) is 9.59 Å². The molecular weight excluding hydrogens is 220 g/mol. The first kappa shape index (κ1) is 15.5. The topological polar surface area (TPSA) is 52.6 Å². The van der Waals surface area contributed by atoms with Crippen molar-refractivity contribution in [2.45, 2.75) is 27.2 Å². The van der Waals surface area contributed by atoms with Crippen LogP contribution in [0.4, 0.5) is 0 Å². The van der Waals surface area contributed by atoms with Gasteiger partial charge in [-0.15, -0.1) is 5.73 Å². The summed E-state index contributed by atoms with van der Waals surface area (Å²) in [7, 11) is 2.49. The van der Waals surface area contributed by atoms with E-state index < -0.39 is 17.9 Å². The number of methoxy groups -OCH3 is 2. The molecule has 0 saturated heterocycles. The summed E-state index contributed by atoms with van der Waals surface area (Å²) >= 11 is 0. The minimum Gasteiger partial charge on any atom is -0.468 e. The van der Waals surface area contributed by atoms with E-state index in [0.717, 1.165) is 0 Å². The largest absolute Gasteiger partial charge is 0.468 e. The van der Waals surface area contributed by atoms with Gasteiger partial charge in [0.05, 0.1) is 14.2 Å². The van der Waals surface area contributed by atoms with Crippen LogP contribution in [0.5, 0.6) is 0 Å². The highest BCUT2D eigenvalue weighted by molar-refractivity contribution is 5.94. The molecule has 0 aromatic carbocycles. The number of carbonyl (C=O) groups excluding carboxylic acids is 2. The molecular formula is C13H20O4. The van der Waals surface area contributed by atoms with Crippen LogP contribution in [-0.2, 0) is 19.1 Å². The quantitative estimate of drug-likeness (QED) is 0.429. The van der Waals surface area contributed by atoms with Gasteiger partial charge in [0, 0.05) is 0 Å². The predicted molar refractivity (Wildman–Crippen MR) is 64.2 cm³/mol. The molecule has 0 aromatic rings. The summed E-state index contributed by atoms with van der Waals surface area (Å²) in [5.74, 6) is -2.10. The molecule has 0 amide bonds. The standard InChI is InChI=1S/C13H20O4/c1-13(2,3)9-7-6-8-10(11(14)16-4)12(15)17-5/h6,9-10H,8H2,1-5H3. The highest BCUT2D eigenvalue weighted by atomic mass is 16.5. The van der Waals surface area contributed by atoms with Crippen LogP contribution in [0.25, 0.3) is 0 Å². The smallest absolute Gasteiger partial charge is 0.320 e. The molecule has 0 unspecified atom stereocenters. The van der Waals surface area contributed by atoms with Gasteiger partial charge in [-0.2, -0.15) is 0 Å². The Morgan fingerprint density at radius 1 is 1.18 bits per heavy atom. The molecule has 4 heteroatoms. The number of esters is 2. The van der Waals surface area contributed by atoms with E-state index in [1.165, 1.54) is 14.2 Å². The van der Waals surface area contributed by atoms with Crippen molar-refractivity contribution in [3.05, 3.63) is 17.9 Å². The van der Waals surface area contributed by atoms with Crippen molar-refractivity contribution in [2.24, 2.45) is 11.3 Å². The predicted octanol–water partition coefficient (Wildman–Crippen LogP) is 2.10. The maximum Gasteiger partial charge on any atom is 0.320 e. The second kappa shape index (κ2) is 6.92. The molecule has 0 atom stereocenters. The molecule has 0 spiro atoms. The van der Waals surface area contributed by atoms with E-state index in [2.05, 4.69) is 15.2 Å². The van der Waals surface area contributed by atoms with E-state index in [1.807, 2.05) is 26.8 Å². The van der Waals surface area contributed by atoms with Gasteiger partial charge < -0.3 is 9.47 Å². The van der Waals surface area contributed by atoms with Gasteiger partial charge in [-0.05, 0) is 24.0 Å². The lowest BCUT2D eigenvalue weighted by atomic mass is 9.97. The molecule has 0 aliphatic rings. The molecule has 0 aliphatic carbocycles. The van der Waals surface area contributed by atoms with Crippen LogP contribution >= 0.6 is 0 Å². The molecule has 0 bridgehead atoms. The van der Waals surface area contributed by atoms with Crippen molar-refractivity contribution in [1.82, 2.24) is 0 Å². The Bertz CT molecular complexity index is 314. The molecule has 0 heterocycles. The SMILES string of the molecule is COC(=O)C(CC=C=CC(C)(C)C)C(=O)OC. The first-order valence-electron chi connectivity index (χ1n) is 5.39. The van der Waals surface area contributed by atoms with Crippen molar-refractivity contribution in [3.63, 3.8) is 0 Å². The fourth-order valence-electron chi connectivity index (χ4n) is 1.07. The van der Waals surface area contributed by atoms with E-state index in [4.69, 9.17) is 0 Å². The summed E-state index contributed by atoms with van der Waals surface area (Å²) in [5.41, 5.74) is 2.96. The lowest BCUT2D eigenvalue weighted by Gasteiger charge is -2.10. The highest BCUT2D eigenvalue weighted by Crippen LogP contribution is 2.14. The first-order chi connectivity index (χ1) is 7.81. The van der Waals surface area contributed by atoms with Crippen LogP contribution in [0.15, 0.2) is 17.9 Å². The monoisotopic (exact) mass is 240 g/mol. The first-order valence-corrected chi connectivity index (χ1v) is 5.39. The minimum atomic E-state index is -0.911. The third-order valence-electron chi connectivity index (χ3n) is 1.96. The van der Waals surface area contributed by atoms with E-state index >= 15 is 0 Å². The average molecular weight is 240 g/mol. The Kier molecular flexibility index (Phi) is 6.29. The van der Waals surface area contributed by atoms with Gasteiger partial charge in [0.25, 0.3) is 0 Å². The average Bonchev–Trinajstić information content (AvgIpc) is 2.26. The zero-order chi connectivity index (χ0) is 13.5. The molecule has 96 valence electrons. The normalized spacial score (nSPS) is 10.5. The Morgan fingerprint density at radius 3 is 2.00 bits per heavy atom. The van der Waals surface area contributed by atoms with Crippen LogP contribution in [0.3, 0.4) is 0 Å². The number of hydrogen-bond donors (Lipinski definition) is 0. The third-order valence-corrected chi connectivity index (χ3v) is 1.96.